The summed E-state index contributed by atoms with van der Waals surface area (Å²) in [7, 11) is 0. The van der Waals surface area contributed by atoms with E-state index in [1.807, 2.05) is 0 Å². The van der Waals surface area contributed by atoms with E-state index in [9.17, 15) is 14.9 Å². The normalized spacial score (nSPS) is 16.4. The number of hydrogen-bond acceptors (Lipinski definition) is 4. The number of fused-ring (bicyclic) bond motifs is 1. The molecule has 2 aromatic rings. The molecule has 1 aromatic heterocycles. The summed E-state index contributed by atoms with van der Waals surface area (Å²) in [5.74, 6) is -0.389. The highest BCUT2D eigenvalue weighted by atomic mass is 35.5. The molecule has 130 valence electrons. The number of halogens is 2. The van der Waals surface area contributed by atoms with Crippen molar-refractivity contribution >= 4 is 40.0 Å². The molecule has 0 radical (unpaired) electrons. The average molecular weight is 379 g/mol. The molecule has 1 N–H and O–H groups in total. The topological polar surface area (TPSA) is 87.8 Å². The van der Waals surface area contributed by atoms with Crippen molar-refractivity contribution in [3.05, 3.63) is 38.9 Å². The third-order valence-corrected chi connectivity index (χ3v) is 4.97. The van der Waals surface area contributed by atoms with Crippen LogP contribution in [0.25, 0.3) is 10.9 Å². The maximum absolute atomic E-state index is 12.6. The Hall–Kier alpha value is -2.10. The van der Waals surface area contributed by atoms with Crippen molar-refractivity contribution in [2.75, 3.05) is 0 Å². The van der Waals surface area contributed by atoms with Gasteiger partial charge in [-0.05, 0) is 25.0 Å². The average Bonchev–Trinajstić information content (AvgIpc) is 2.58. The van der Waals surface area contributed by atoms with Crippen molar-refractivity contribution < 1.29 is 4.79 Å². The number of hydrogen-bond donors (Lipinski definition) is 1. The first kappa shape index (κ1) is 17.7. The molecule has 3 rings (SSSR count). The Bertz CT molecular complexity index is 927. The maximum atomic E-state index is 12.6. The van der Waals surface area contributed by atoms with Crippen LogP contribution >= 0.6 is 23.2 Å². The first-order valence-corrected chi connectivity index (χ1v) is 8.76. The molecule has 0 bridgehead atoms. The van der Waals surface area contributed by atoms with Crippen molar-refractivity contribution in [2.24, 2.45) is 0 Å². The van der Waals surface area contributed by atoms with E-state index >= 15 is 0 Å². The lowest BCUT2D eigenvalue weighted by Gasteiger charge is -2.31. The summed E-state index contributed by atoms with van der Waals surface area (Å²) in [6.45, 7) is -0.213. The largest absolute Gasteiger partial charge is 0.336 e. The Morgan fingerprint density at radius 2 is 2.04 bits per heavy atom. The van der Waals surface area contributed by atoms with Crippen LogP contribution in [0, 0.1) is 11.3 Å². The van der Waals surface area contributed by atoms with Gasteiger partial charge in [-0.2, -0.15) is 5.26 Å². The summed E-state index contributed by atoms with van der Waals surface area (Å²) in [5, 5.41) is 13.1. The Morgan fingerprint density at radius 3 is 2.72 bits per heavy atom. The molecule has 0 saturated heterocycles. The van der Waals surface area contributed by atoms with E-state index in [0.717, 1.165) is 19.3 Å². The van der Waals surface area contributed by atoms with Crippen molar-refractivity contribution in [2.45, 2.75) is 44.2 Å². The highest BCUT2D eigenvalue weighted by Crippen LogP contribution is 2.27. The predicted octanol–water partition coefficient (Wildman–Crippen LogP) is 3.05. The smallest absolute Gasteiger partial charge is 0.261 e. The summed E-state index contributed by atoms with van der Waals surface area (Å²) in [4.78, 5) is 29.1. The van der Waals surface area contributed by atoms with Crippen LogP contribution in [0.15, 0.2) is 23.3 Å². The maximum Gasteiger partial charge on any atom is 0.261 e. The van der Waals surface area contributed by atoms with Gasteiger partial charge in [0.1, 0.15) is 12.1 Å². The van der Waals surface area contributed by atoms with E-state index in [1.165, 1.54) is 23.0 Å². The number of nitrogens with one attached hydrogen (secondary N) is 1. The van der Waals surface area contributed by atoms with Crippen molar-refractivity contribution in [3.8, 4) is 6.07 Å². The van der Waals surface area contributed by atoms with E-state index < -0.39 is 11.1 Å². The first-order chi connectivity index (χ1) is 11.9. The van der Waals surface area contributed by atoms with Crippen LogP contribution in [0.5, 0.6) is 0 Å². The highest BCUT2D eigenvalue weighted by molar-refractivity contribution is 6.38. The van der Waals surface area contributed by atoms with Crippen LogP contribution in [0.1, 0.15) is 32.1 Å². The fraction of sp³-hybridized carbons (Fsp3) is 0.412. The lowest BCUT2D eigenvalue weighted by Crippen LogP contribution is -2.50. The lowest BCUT2D eigenvalue weighted by atomic mass is 9.83. The van der Waals surface area contributed by atoms with Crippen molar-refractivity contribution in [1.82, 2.24) is 14.9 Å². The number of rotatable bonds is 3. The van der Waals surface area contributed by atoms with Gasteiger partial charge in [-0.3, -0.25) is 14.2 Å². The van der Waals surface area contributed by atoms with Gasteiger partial charge in [-0.25, -0.2) is 4.98 Å². The van der Waals surface area contributed by atoms with Crippen molar-refractivity contribution in [1.29, 1.82) is 5.26 Å². The third-order valence-electron chi connectivity index (χ3n) is 4.46. The van der Waals surface area contributed by atoms with E-state index in [1.54, 1.807) is 0 Å². The predicted molar refractivity (Wildman–Crippen MR) is 95.6 cm³/mol. The van der Waals surface area contributed by atoms with Crippen LogP contribution in [0.3, 0.4) is 0 Å². The van der Waals surface area contributed by atoms with Crippen LogP contribution in [0.2, 0.25) is 10.0 Å². The Morgan fingerprint density at radius 1 is 1.32 bits per heavy atom. The molecule has 1 aliphatic carbocycles. The van der Waals surface area contributed by atoms with E-state index in [4.69, 9.17) is 23.2 Å². The monoisotopic (exact) mass is 378 g/mol. The minimum absolute atomic E-state index is 0.213. The van der Waals surface area contributed by atoms with Gasteiger partial charge in [0.15, 0.2) is 0 Å². The summed E-state index contributed by atoms with van der Waals surface area (Å²) in [5.41, 5.74) is -0.900. The molecule has 0 spiro atoms. The molecule has 8 heteroatoms. The van der Waals surface area contributed by atoms with Crippen LogP contribution in [0.4, 0.5) is 0 Å². The zero-order valence-corrected chi connectivity index (χ0v) is 14.9. The Labute approximate surface area is 154 Å². The van der Waals surface area contributed by atoms with Gasteiger partial charge in [0.05, 0.1) is 28.3 Å². The number of aromatic nitrogens is 2. The number of amides is 1. The quantitative estimate of drug-likeness (QED) is 0.888. The number of carbonyl (C=O) groups excluding carboxylic acids is 1. The van der Waals surface area contributed by atoms with Gasteiger partial charge < -0.3 is 5.32 Å². The molecule has 1 aliphatic rings. The fourth-order valence-corrected chi connectivity index (χ4v) is 3.73. The number of nitriles is 1. The van der Waals surface area contributed by atoms with Gasteiger partial charge in [-0.1, -0.05) is 42.5 Å². The second kappa shape index (κ2) is 7.03. The van der Waals surface area contributed by atoms with Gasteiger partial charge in [0.25, 0.3) is 5.56 Å². The molecule has 1 fully saturated rings. The van der Waals surface area contributed by atoms with Gasteiger partial charge in [0.2, 0.25) is 5.91 Å². The summed E-state index contributed by atoms with van der Waals surface area (Å²) in [6.07, 6.45) is 5.42. The van der Waals surface area contributed by atoms with Crippen LogP contribution in [-0.2, 0) is 11.3 Å². The molecule has 1 saturated carbocycles. The molecule has 1 heterocycles. The second-order valence-corrected chi connectivity index (χ2v) is 7.11. The zero-order valence-electron chi connectivity index (χ0n) is 13.4. The molecule has 1 amide bonds. The second-order valence-electron chi connectivity index (χ2n) is 6.26. The molecule has 6 nitrogen and oxygen atoms in total. The van der Waals surface area contributed by atoms with Gasteiger partial charge in [-0.15, -0.1) is 0 Å². The Balaban J connectivity index is 1.85. The molecule has 0 atom stereocenters. The first-order valence-electron chi connectivity index (χ1n) is 8.01. The van der Waals surface area contributed by atoms with Gasteiger partial charge >= 0.3 is 0 Å². The minimum Gasteiger partial charge on any atom is -0.336 e. The van der Waals surface area contributed by atoms with Crippen LogP contribution < -0.4 is 10.9 Å². The standard InChI is InChI=1S/C17H16Cl2N4O2/c18-11-6-12-15(13(19)7-11)21-10-23(16(12)25)8-14(24)22-17(9-20)4-2-1-3-5-17/h6-7,10H,1-5,8H2,(H,22,24). The number of carbonyl (C=O) groups is 1. The highest BCUT2D eigenvalue weighted by Gasteiger charge is 2.33. The van der Waals surface area contributed by atoms with Gasteiger partial charge in [0, 0.05) is 5.02 Å². The molecule has 1 aromatic carbocycles. The SMILES string of the molecule is N#CC1(NC(=O)Cn2cnc3c(Cl)cc(Cl)cc3c2=O)CCCCC1. The minimum atomic E-state index is -0.837. The lowest BCUT2D eigenvalue weighted by molar-refractivity contribution is -0.123. The zero-order chi connectivity index (χ0) is 18.0. The summed E-state index contributed by atoms with van der Waals surface area (Å²) >= 11 is 12.0. The van der Waals surface area contributed by atoms with Crippen molar-refractivity contribution in [3.63, 3.8) is 0 Å². The van der Waals surface area contributed by atoms with E-state index in [-0.39, 0.29) is 22.9 Å². The summed E-state index contributed by atoms with van der Waals surface area (Å²) in [6, 6.07) is 5.21. The number of nitrogens with zero attached hydrogens (tertiary/aromatic N) is 3. The Kier molecular flexibility index (Phi) is 4.98. The van der Waals surface area contributed by atoms with E-state index in [0.29, 0.717) is 23.4 Å². The molecule has 0 aliphatic heterocycles. The molecule has 25 heavy (non-hydrogen) atoms. The van der Waals surface area contributed by atoms with E-state index in [2.05, 4.69) is 16.4 Å². The van der Waals surface area contributed by atoms with Crippen LogP contribution in [-0.4, -0.2) is 21.0 Å². The summed E-state index contributed by atoms with van der Waals surface area (Å²) < 4.78 is 1.19. The molecule has 0 unspecified atom stereocenters. The number of benzene rings is 1. The molecular formula is C17H16Cl2N4O2. The third kappa shape index (κ3) is 3.63. The fourth-order valence-electron chi connectivity index (χ4n) is 3.19. The molecular weight excluding hydrogens is 363 g/mol.